The van der Waals surface area contributed by atoms with Crippen LogP contribution in [0.15, 0.2) is 70.5 Å². The minimum absolute atomic E-state index is 0.0371. The first-order chi connectivity index (χ1) is 26.7. The highest BCUT2D eigenvalue weighted by Gasteiger charge is 2.51. The lowest BCUT2D eigenvalue weighted by molar-refractivity contribution is -0.891. The Bertz CT molecular complexity index is 2140. The normalized spacial score (nSPS) is 30.1. The molecule has 6 N–H and O–H groups in total. The van der Waals surface area contributed by atoms with Gasteiger partial charge in [0.15, 0.2) is 11.5 Å². The van der Waals surface area contributed by atoms with E-state index in [4.69, 9.17) is 20.2 Å². The van der Waals surface area contributed by atoms with Crippen molar-refractivity contribution in [2.45, 2.75) is 102 Å². The zero-order chi connectivity index (χ0) is 37.7. The number of carbonyl (C=O) groups is 1. The number of nitrogens with two attached hydrogens (primary N) is 1. The fraction of sp³-hybridized carbons (Fsp3) is 0.478. The van der Waals surface area contributed by atoms with Crippen LogP contribution in [0.4, 0.5) is 0 Å². The average Bonchev–Trinajstić information content (AvgIpc) is 3.93. The van der Waals surface area contributed by atoms with Crippen molar-refractivity contribution in [2.24, 2.45) is 33.9 Å². The van der Waals surface area contributed by atoms with Crippen LogP contribution in [0.5, 0.6) is 11.5 Å². The van der Waals surface area contributed by atoms with Crippen molar-refractivity contribution in [2.75, 3.05) is 13.1 Å². The first kappa shape index (κ1) is 36.2. The number of carbonyl (C=O) groups excluding carboxylic acids is 1. The van der Waals surface area contributed by atoms with Crippen LogP contribution in [0.1, 0.15) is 98.4 Å². The zero-order valence-corrected chi connectivity index (χ0v) is 31.6. The highest BCUT2D eigenvalue weighted by atomic mass is 16.5. The zero-order valence-electron chi connectivity index (χ0n) is 31.6. The number of Topliss-reactive ketones (excluding diaryl/α,β-unsaturated/α-hetero) is 1. The van der Waals surface area contributed by atoms with Crippen molar-refractivity contribution in [1.82, 2.24) is 5.32 Å². The minimum atomic E-state index is -1.01. The topological polar surface area (TPSA) is 131 Å². The summed E-state index contributed by atoms with van der Waals surface area (Å²) in [5.74, 6) is 11.8. The average molecular weight is 740 g/mol. The van der Waals surface area contributed by atoms with E-state index in [9.17, 15) is 15.0 Å². The highest BCUT2D eigenvalue weighted by molar-refractivity contribution is 5.87. The third-order valence-corrected chi connectivity index (χ3v) is 13.1. The molecule has 8 atom stereocenters. The van der Waals surface area contributed by atoms with E-state index >= 15 is 0 Å². The van der Waals surface area contributed by atoms with Crippen LogP contribution in [0.3, 0.4) is 0 Å². The van der Waals surface area contributed by atoms with E-state index in [2.05, 4.69) is 54.5 Å². The van der Waals surface area contributed by atoms with Gasteiger partial charge in [-0.05, 0) is 90.0 Å². The molecule has 1 saturated carbocycles. The maximum absolute atomic E-state index is 13.1. The summed E-state index contributed by atoms with van der Waals surface area (Å²) in [6, 6.07) is 9.87. The van der Waals surface area contributed by atoms with Crippen LogP contribution in [0.2, 0.25) is 0 Å². The summed E-state index contributed by atoms with van der Waals surface area (Å²) in [5.41, 5.74) is 14.4. The van der Waals surface area contributed by atoms with Crippen molar-refractivity contribution in [3.8, 4) is 35.4 Å². The number of ether oxygens (including phenoxy) is 2. The first-order valence-corrected chi connectivity index (χ1v) is 20.3. The molecule has 5 heterocycles. The minimum Gasteiger partial charge on any atom is -0.437 e. The van der Waals surface area contributed by atoms with Gasteiger partial charge in [0.25, 0.3) is 6.23 Å². The number of aryl methyl sites for hydroxylation is 1. The molecular formula is C46H51N4O5+. The summed E-state index contributed by atoms with van der Waals surface area (Å²) >= 11 is 0. The molecule has 0 radical (unpaired) electrons. The van der Waals surface area contributed by atoms with Gasteiger partial charge < -0.3 is 25.4 Å². The Kier molecular flexibility index (Phi) is 9.79. The number of hydrogen-bond donors (Lipinski definition) is 5. The Morgan fingerprint density at radius 3 is 2.80 bits per heavy atom. The predicted molar refractivity (Wildman–Crippen MR) is 210 cm³/mol. The van der Waals surface area contributed by atoms with Gasteiger partial charge in [-0.25, -0.2) is 0 Å². The van der Waals surface area contributed by atoms with Gasteiger partial charge >= 0.3 is 0 Å². The van der Waals surface area contributed by atoms with Crippen LogP contribution >= 0.6 is 0 Å². The number of hydrogen-bond acceptors (Lipinski definition) is 8. The van der Waals surface area contributed by atoms with Gasteiger partial charge in [-0.15, -0.1) is 0 Å². The van der Waals surface area contributed by atoms with Crippen LogP contribution < -0.4 is 25.4 Å². The summed E-state index contributed by atoms with van der Waals surface area (Å²) in [4.78, 5) is 19.1. The molecule has 7 aliphatic rings. The largest absolute Gasteiger partial charge is 0.437 e. The molecule has 0 amide bonds. The van der Waals surface area contributed by atoms with E-state index in [-0.39, 0.29) is 30.2 Å². The third-order valence-electron chi connectivity index (χ3n) is 13.1. The van der Waals surface area contributed by atoms with Crippen LogP contribution in [0.25, 0.3) is 0 Å². The van der Waals surface area contributed by atoms with E-state index in [1.54, 1.807) is 0 Å². The molecule has 0 saturated heterocycles. The molecule has 0 aromatic heterocycles. The lowest BCUT2D eigenvalue weighted by atomic mass is 9.73. The van der Waals surface area contributed by atoms with Crippen molar-refractivity contribution in [3.63, 3.8) is 0 Å². The Morgan fingerprint density at radius 1 is 1.11 bits per heavy atom. The van der Waals surface area contributed by atoms with E-state index in [0.29, 0.717) is 43.2 Å². The number of quaternary nitrogens is 1. The van der Waals surface area contributed by atoms with E-state index < -0.39 is 23.9 Å². The molecule has 5 aliphatic heterocycles. The number of allylic oxidation sites excluding steroid dienone is 2. The number of rotatable bonds is 6. The maximum atomic E-state index is 13.1. The van der Waals surface area contributed by atoms with Gasteiger partial charge in [0.05, 0.1) is 17.7 Å². The molecule has 2 aromatic rings. The van der Waals surface area contributed by atoms with Gasteiger partial charge in [-0.1, -0.05) is 67.9 Å². The second-order valence-electron chi connectivity index (χ2n) is 16.7. The van der Waals surface area contributed by atoms with Crippen LogP contribution in [0, 0.1) is 47.0 Å². The van der Waals surface area contributed by atoms with E-state index in [1.807, 2.05) is 36.5 Å². The quantitative estimate of drug-likeness (QED) is 0.221. The van der Waals surface area contributed by atoms with E-state index in [1.165, 1.54) is 11.1 Å². The number of aliphatic imine (C=N–C) groups is 1. The van der Waals surface area contributed by atoms with Gasteiger partial charge in [0.2, 0.25) is 0 Å². The Labute approximate surface area is 323 Å². The molecule has 9 heteroatoms. The fourth-order valence-corrected chi connectivity index (χ4v) is 9.90. The van der Waals surface area contributed by atoms with E-state index in [0.717, 1.165) is 89.9 Å². The summed E-state index contributed by atoms with van der Waals surface area (Å²) in [7, 11) is 0. The predicted octanol–water partition coefficient (Wildman–Crippen LogP) is 4.29. The number of ketones is 1. The van der Waals surface area contributed by atoms with Gasteiger partial charge in [-0.2, -0.15) is 0 Å². The van der Waals surface area contributed by atoms with Gasteiger partial charge in [0.1, 0.15) is 42.4 Å². The van der Waals surface area contributed by atoms with Crippen molar-refractivity contribution in [1.29, 1.82) is 0 Å². The number of benzene rings is 2. The molecule has 9 nitrogen and oxygen atoms in total. The number of aliphatic hydroxyl groups is 2. The number of fused-ring (bicyclic) bond motifs is 8. The number of nitrogens with zero attached hydrogens (tertiary/aromatic N) is 1. The number of nitrogens with one attached hydrogen (secondary N) is 2. The van der Waals surface area contributed by atoms with Crippen molar-refractivity contribution in [3.05, 3.63) is 93.3 Å². The molecule has 1 spiro atoms. The van der Waals surface area contributed by atoms with Gasteiger partial charge in [-0.3, -0.25) is 20.0 Å². The summed E-state index contributed by atoms with van der Waals surface area (Å²) < 4.78 is 13.3. The number of aliphatic hydroxyl groups excluding tert-OH is 2. The molecule has 8 unspecified atom stereocenters. The molecule has 55 heavy (non-hydrogen) atoms. The molecule has 2 aliphatic carbocycles. The summed E-state index contributed by atoms with van der Waals surface area (Å²) in [5, 5.41) is 26.1. The maximum Gasteiger partial charge on any atom is 0.252 e. The molecule has 2 bridgehead atoms. The van der Waals surface area contributed by atoms with Crippen LogP contribution in [-0.4, -0.2) is 47.6 Å². The lowest BCUT2D eigenvalue weighted by Gasteiger charge is -2.36. The SMILES string of the molecule is CC1C=CC(C(O)CC(=O)CCc2ccc3c(c2)OC2C(C#CC(O)c4ccc5c(c4CC4=C6C[NH+]2C=C6N=C4)CCNC5N)C2(C#CO3)CCCC2)CC1. The first-order valence-electron chi connectivity index (χ1n) is 20.3. The van der Waals surface area contributed by atoms with Crippen LogP contribution in [-0.2, 0) is 24.1 Å². The fourth-order valence-electron chi connectivity index (χ4n) is 9.90. The molecule has 9 rings (SSSR count). The molecule has 284 valence electrons. The summed E-state index contributed by atoms with van der Waals surface area (Å²) in [6.07, 6.45) is 17.3. The standard InChI is InChI=1S/C46H50N4O5/c1-28-4-8-30(9-5-28)41(53)24-32(51)10-6-29-7-15-42-43(22-29)55-45-38(46(19-21-54-42)17-2-3-18-46)13-14-40(52)34-11-12-35-33(16-20-48-44(35)47)36(34)23-31-25-49-39-27-50(45)26-37(31)39/h4,7-8,11-12,15,22,25,27-28,30,38,40-41,44-45,48,52-53H,2-3,5-6,9-10,16-18,20,23-24,26,47H2,1H3/p+1. The third kappa shape index (κ3) is 6.99. The molecule has 2 aromatic carbocycles. The van der Waals surface area contributed by atoms with Crippen molar-refractivity contribution < 1.29 is 29.4 Å². The van der Waals surface area contributed by atoms with Gasteiger partial charge in [0, 0.05) is 43.5 Å². The molecule has 1 fully saturated rings. The monoisotopic (exact) mass is 739 g/mol. The Hall–Kier alpha value is -4.48. The highest BCUT2D eigenvalue weighted by Crippen LogP contribution is 2.47. The second-order valence-corrected chi connectivity index (χ2v) is 16.7. The second kappa shape index (κ2) is 14.9. The molecular weight excluding hydrogens is 689 g/mol. The lowest BCUT2D eigenvalue weighted by Crippen LogP contribution is -3.12. The van der Waals surface area contributed by atoms with Crippen molar-refractivity contribution >= 4 is 12.0 Å². The smallest absolute Gasteiger partial charge is 0.252 e. The summed E-state index contributed by atoms with van der Waals surface area (Å²) in [6.45, 7) is 3.64. The Morgan fingerprint density at radius 2 is 1.96 bits per heavy atom. The Balaban J connectivity index is 1.06.